The highest BCUT2D eigenvalue weighted by Crippen LogP contribution is 2.34. The Morgan fingerprint density at radius 1 is 1.24 bits per heavy atom. The minimum Gasteiger partial charge on any atom is -0.378 e. The predicted octanol–water partition coefficient (Wildman–Crippen LogP) is 3.52. The number of benzene rings is 1. The predicted molar refractivity (Wildman–Crippen MR) is 122 cm³/mol. The van der Waals surface area contributed by atoms with Gasteiger partial charge in [0.1, 0.15) is 11.4 Å². The highest BCUT2D eigenvalue weighted by atomic mass is 19.4. The van der Waals surface area contributed by atoms with Gasteiger partial charge in [0.2, 0.25) is 0 Å². The van der Waals surface area contributed by atoms with Crippen molar-refractivity contribution in [3.63, 3.8) is 0 Å². The summed E-state index contributed by atoms with van der Waals surface area (Å²) in [5, 5.41) is 4.71. The number of morpholine rings is 1. The van der Waals surface area contributed by atoms with Crippen molar-refractivity contribution in [3.8, 4) is 0 Å². The van der Waals surface area contributed by atoms with Crippen LogP contribution < -0.4 is 4.90 Å². The second kappa shape index (κ2) is 9.41. The molecule has 4 rings (SSSR count). The van der Waals surface area contributed by atoms with Gasteiger partial charge in [-0.2, -0.15) is 13.2 Å². The lowest BCUT2D eigenvalue weighted by Gasteiger charge is -2.28. The number of hydrogen-bond donors (Lipinski definition) is 0. The summed E-state index contributed by atoms with van der Waals surface area (Å²) in [5.74, 6) is 0.624. The Hall–Kier alpha value is -3.47. The molecule has 3 aromatic rings. The summed E-state index contributed by atoms with van der Waals surface area (Å²) < 4.78 is 47.3. The van der Waals surface area contributed by atoms with Crippen LogP contribution in [0.5, 0.6) is 0 Å². The van der Waals surface area contributed by atoms with E-state index in [1.165, 1.54) is 17.5 Å². The average Bonchev–Trinajstić information content (AvgIpc) is 3.16. The first kappa shape index (κ1) is 23.7. The molecule has 0 N–H and O–H groups in total. The Kier molecular flexibility index (Phi) is 6.56. The Labute approximate surface area is 194 Å². The molecule has 11 heteroatoms. The van der Waals surface area contributed by atoms with Crippen molar-refractivity contribution in [2.24, 2.45) is 4.99 Å². The van der Waals surface area contributed by atoms with E-state index in [1.54, 1.807) is 23.4 Å². The van der Waals surface area contributed by atoms with Crippen LogP contribution in [0.15, 0.2) is 29.3 Å². The van der Waals surface area contributed by atoms with Crippen LogP contribution in [0.25, 0.3) is 5.65 Å². The van der Waals surface area contributed by atoms with Crippen molar-refractivity contribution in [1.29, 1.82) is 0 Å². The van der Waals surface area contributed by atoms with Crippen molar-refractivity contribution >= 4 is 29.8 Å². The van der Waals surface area contributed by atoms with Gasteiger partial charge in [0.05, 0.1) is 30.8 Å². The van der Waals surface area contributed by atoms with E-state index in [2.05, 4.69) is 9.98 Å². The van der Waals surface area contributed by atoms with E-state index in [4.69, 9.17) is 9.84 Å². The summed E-state index contributed by atoms with van der Waals surface area (Å²) in [5.41, 5.74) is 1.23. The molecule has 0 radical (unpaired) electrons. The second-order valence-corrected chi connectivity index (χ2v) is 8.26. The van der Waals surface area contributed by atoms with Gasteiger partial charge in [0.25, 0.3) is 0 Å². The minimum atomic E-state index is -4.47. The minimum absolute atomic E-state index is 0.0569. The number of aromatic nitrogens is 3. The highest BCUT2D eigenvalue weighted by Gasteiger charge is 2.33. The fraction of sp³-hybridized carbons (Fsp3) is 0.391. The van der Waals surface area contributed by atoms with Crippen LogP contribution in [0.2, 0.25) is 0 Å². The first-order chi connectivity index (χ1) is 16.2. The number of nitrogens with zero attached hydrogens (tertiary/aromatic N) is 6. The van der Waals surface area contributed by atoms with Gasteiger partial charge in [-0.05, 0) is 24.1 Å². The van der Waals surface area contributed by atoms with E-state index in [9.17, 15) is 18.0 Å². The molecule has 1 aliphatic rings. The molecular formula is C23H25F3N6O2. The molecule has 2 aromatic heterocycles. The molecular weight excluding hydrogens is 449 g/mol. The summed E-state index contributed by atoms with van der Waals surface area (Å²) in [6, 6.07) is 5.84. The number of carbonyl (C=O) groups is 1. The normalized spacial score (nSPS) is 14.8. The van der Waals surface area contributed by atoms with Crippen molar-refractivity contribution in [2.75, 3.05) is 45.3 Å². The lowest BCUT2D eigenvalue weighted by Crippen LogP contribution is -2.37. The summed E-state index contributed by atoms with van der Waals surface area (Å²) in [6.07, 6.45) is -2.20. The van der Waals surface area contributed by atoms with Crippen molar-refractivity contribution < 1.29 is 22.7 Å². The van der Waals surface area contributed by atoms with Crippen LogP contribution in [0.1, 0.15) is 32.9 Å². The number of aldehydes is 1. The Morgan fingerprint density at radius 2 is 1.97 bits per heavy atom. The molecule has 180 valence electrons. The number of rotatable bonds is 6. The maximum absolute atomic E-state index is 13.4. The van der Waals surface area contributed by atoms with Gasteiger partial charge < -0.3 is 14.5 Å². The topological polar surface area (TPSA) is 75.3 Å². The Morgan fingerprint density at radius 3 is 2.62 bits per heavy atom. The molecule has 1 aromatic carbocycles. The van der Waals surface area contributed by atoms with Gasteiger partial charge >= 0.3 is 6.18 Å². The van der Waals surface area contributed by atoms with Crippen LogP contribution in [-0.4, -0.2) is 72.5 Å². The van der Waals surface area contributed by atoms with Crippen LogP contribution in [0, 0.1) is 6.92 Å². The zero-order valence-electron chi connectivity index (χ0n) is 19.1. The van der Waals surface area contributed by atoms with Crippen molar-refractivity contribution in [2.45, 2.75) is 19.5 Å². The third-order valence-electron chi connectivity index (χ3n) is 5.66. The molecule has 3 heterocycles. The monoisotopic (exact) mass is 474 g/mol. The highest BCUT2D eigenvalue weighted by molar-refractivity contribution is 5.80. The van der Waals surface area contributed by atoms with E-state index in [1.807, 2.05) is 19.0 Å². The van der Waals surface area contributed by atoms with Gasteiger partial charge in [-0.25, -0.2) is 14.5 Å². The molecule has 0 saturated carbocycles. The Bertz CT molecular complexity index is 1230. The maximum atomic E-state index is 13.4. The van der Waals surface area contributed by atoms with Crippen LogP contribution in [0.3, 0.4) is 0 Å². The first-order valence-electron chi connectivity index (χ1n) is 10.8. The number of halogens is 3. The molecule has 0 bridgehead atoms. The molecule has 0 unspecified atom stereocenters. The molecule has 1 aliphatic heterocycles. The van der Waals surface area contributed by atoms with Gasteiger partial charge in [-0.15, -0.1) is 5.10 Å². The summed E-state index contributed by atoms with van der Waals surface area (Å²) in [7, 11) is 3.66. The van der Waals surface area contributed by atoms with Crippen LogP contribution in [-0.2, 0) is 17.3 Å². The molecule has 0 amide bonds. The number of ether oxygens (including phenoxy) is 1. The second-order valence-electron chi connectivity index (χ2n) is 8.26. The first-order valence-corrected chi connectivity index (χ1v) is 10.8. The van der Waals surface area contributed by atoms with Gasteiger partial charge in [0.15, 0.2) is 17.8 Å². The van der Waals surface area contributed by atoms with E-state index < -0.39 is 11.7 Å². The molecule has 34 heavy (non-hydrogen) atoms. The van der Waals surface area contributed by atoms with E-state index >= 15 is 0 Å². The number of anilines is 1. The molecule has 0 aliphatic carbocycles. The zero-order valence-corrected chi connectivity index (χ0v) is 19.1. The van der Waals surface area contributed by atoms with Gasteiger partial charge in [0, 0.05) is 39.7 Å². The molecule has 1 fully saturated rings. The number of alkyl halides is 3. The number of hydrogen-bond acceptors (Lipinski definition) is 6. The number of carbonyl (C=O) groups excluding carboxylic acids is 1. The number of aliphatic imine (C=N–C) groups is 1. The SMILES string of the molecule is Cc1c(Cc2c(C=O)nc3c(/N=C/N(C)C)cc(N4CCOCC4)nn23)cccc1C(F)(F)F. The number of imidazole rings is 1. The van der Waals surface area contributed by atoms with Gasteiger partial charge in [-0.3, -0.25) is 4.79 Å². The lowest BCUT2D eigenvalue weighted by atomic mass is 9.98. The summed E-state index contributed by atoms with van der Waals surface area (Å²) in [4.78, 5) is 24.6. The molecule has 8 nitrogen and oxygen atoms in total. The largest absolute Gasteiger partial charge is 0.416 e. The average molecular weight is 474 g/mol. The quantitative estimate of drug-likeness (QED) is 0.309. The third-order valence-corrected chi connectivity index (χ3v) is 5.66. The fourth-order valence-electron chi connectivity index (χ4n) is 3.90. The number of fused-ring (bicyclic) bond motifs is 1. The summed E-state index contributed by atoms with van der Waals surface area (Å²) in [6.45, 7) is 3.80. The van der Waals surface area contributed by atoms with Crippen LogP contribution >= 0.6 is 0 Å². The smallest absolute Gasteiger partial charge is 0.378 e. The Balaban J connectivity index is 1.88. The van der Waals surface area contributed by atoms with E-state index in [-0.39, 0.29) is 17.7 Å². The molecule has 1 saturated heterocycles. The zero-order chi connectivity index (χ0) is 24.5. The van der Waals surface area contributed by atoms with Crippen molar-refractivity contribution in [1.82, 2.24) is 19.5 Å². The molecule has 0 atom stereocenters. The standard InChI is InChI=1S/C23H25F3N6O2/c1-15-16(5-4-6-17(15)23(24,25)26)11-20-19(13-33)28-22-18(27-14-30(2)3)12-21(29-32(20)22)31-7-9-34-10-8-31/h4-6,12-14H,7-11H2,1-3H3/b27-14+. The van der Waals surface area contributed by atoms with E-state index in [0.29, 0.717) is 61.0 Å². The lowest BCUT2D eigenvalue weighted by molar-refractivity contribution is -0.138. The fourth-order valence-corrected chi connectivity index (χ4v) is 3.90. The third kappa shape index (κ3) is 4.74. The van der Waals surface area contributed by atoms with Crippen molar-refractivity contribution in [3.05, 3.63) is 52.3 Å². The van der Waals surface area contributed by atoms with Crippen LogP contribution in [0.4, 0.5) is 24.7 Å². The summed E-state index contributed by atoms with van der Waals surface area (Å²) >= 11 is 0. The maximum Gasteiger partial charge on any atom is 0.416 e. The van der Waals surface area contributed by atoms with E-state index in [0.717, 1.165) is 6.07 Å². The van der Waals surface area contributed by atoms with Gasteiger partial charge in [-0.1, -0.05) is 12.1 Å². The molecule has 0 spiro atoms.